The minimum Gasteiger partial charge on any atom is -0.492 e. The Morgan fingerprint density at radius 1 is 1.47 bits per heavy atom. The maximum Gasteiger partial charge on any atom is 0.225 e. The highest BCUT2D eigenvalue weighted by Gasteiger charge is 2.40. The molecule has 1 aliphatic heterocycles. The summed E-state index contributed by atoms with van der Waals surface area (Å²) in [5, 5.41) is 17.8. The van der Waals surface area contributed by atoms with Crippen LogP contribution < -0.4 is 10.1 Å². The summed E-state index contributed by atoms with van der Waals surface area (Å²) in [5.74, 6) is 1.87. The molecule has 32 heavy (non-hydrogen) atoms. The zero-order valence-corrected chi connectivity index (χ0v) is 19.6. The van der Waals surface area contributed by atoms with Crippen LogP contribution in [0.3, 0.4) is 0 Å². The first kappa shape index (κ1) is 20.9. The Kier molecular flexibility index (Phi) is 5.13. The van der Waals surface area contributed by atoms with Gasteiger partial charge in [0.05, 0.1) is 23.2 Å². The highest BCUT2D eigenvalue weighted by Crippen LogP contribution is 2.43. The van der Waals surface area contributed by atoms with Crippen molar-refractivity contribution in [2.24, 2.45) is 11.3 Å². The quantitative estimate of drug-likeness (QED) is 0.594. The number of carbonyl (C=O) groups is 1. The highest BCUT2D eigenvalue weighted by atomic mass is 79.9. The topological polar surface area (TPSA) is 106 Å². The van der Waals surface area contributed by atoms with Gasteiger partial charge in [0.1, 0.15) is 22.2 Å². The molecular weight excluding hydrogens is 472 g/mol. The molecule has 0 unspecified atom stereocenters. The first-order valence-electron chi connectivity index (χ1n) is 10.7. The minimum atomic E-state index is -0.325. The molecule has 164 valence electrons. The summed E-state index contributed by atoms with van der Waals surface area (Å²) in [4.78, 5) is 21.7. The van der Waals surface area contributed by atoms with E-state index in [-0.39, 0.29) is 11.3 Å². The molecule has 2 aromatic heterocycles. The SMILES string of the molecule is CNC(=O)[C@]1(C)CC[C@@H](Cc2ncc3c(Br)nn(-c4cc(C#N)c5c(c4)CCO5)c3n2)C1. The lowest BCUT2D eigenvalue weighted by molar-refractivity contribution is -0.129. The molecule has 3 aromatic rings. The molecule has 0 spiro atoms. The number of carbonyl (C=O) groups excluding carboxylic acids is 1. The Labute approximate surface area is 194 Å². The van der Waals surface area contributed by atoms with E-state index in [4.69, 9.17) is 9.72 Å². The van der Waals surface area contributed by atoms with Gasteiger partial charge in [-0.2, -0.15) is 10.4 Å². The minimum absolute atomic E-state index is 0.104. The summed E-state index contributed by atoms with van der Waals surface area (Å²) < 4.78 is 8.04. The summed E-state index contributed by atoms with van der Waals surface area (Å²) in [6, 6.07) is 6.03. The predicted molar refractivity (Wildman–Crippen MR) is 121 cm³/mol. The number of fused-ring (bicyclic) bond motifs is 2. The van der Waals surface area contributed by atoms with E-state index in [0.717, 1.165) is 48.1 Å². The molecule has 2 atom stereocenters. The second kappa shape index (κ2) is 7.85. The van der Waals surface area contributed by atoms with Crippen LogP contribution >= 0.6 is 15.9 Å². The molecule has 1 N–H and O–H groups in total. The fraction of sp³-hybridized carbons (Fsp3) is 0.435. The van der Waals surface area contributed by atoms with Crippen molar-refractivity contribution in [2.45, 2.75) is 39.0 Å². The van der Waals surface area contributed by atoms with E-state index in [0.29, 0.717) is 40.5 Å². The number of halogens is 1. The molecule has 0 radical (unpaired) electrons. The van der Waals surface area contributed by atoms with Crippen molar-refractivity contribution in [3.05, 3.63) is 39.9 Å². The molecule has 9 heteroatoms. The molecule has 3 heterocycles. The number of ether oxygens (including phenoxy) is 1. The van der Waals surface area contributed by atoms with Gasteiger partial charge in [0.15, 0.2) is 5.65 Å². The summed E-state index contributed by atoms with van der Waals surface area (Å²) >= 11 is 3.52. The molecule has 2 aliphatic rings. The number of nitriles is 1. The lowest BCUT2D eigenvalue weighted by atomic mass is 9.86. The zero-order valence-electron chi connectivity index (χ0n) is 18.0. The Morgan fingerprint density at radius 3 is 3.09 bits per heavy atom. The highest BCUT2D eigenvalue weighted by molar-refractivity contribution is 9.10. The fourth-order valence-electron chi connectivity index (χ4n) is 4.98. The van der Waals surface area contributed by atoms with Crippen molar-refractivity contribution < 1.29 is 9.53 Å². The smallest absolute Gasteiger partial charge is 0.225 e. The van der Waals surface area contributed by atoms with Crippen LogP contribution in [0.25, 0.3) is 16.7 Å². The van der Waals surface area contributed by atoms with Crippen molar-refractivity contribution in [2.75, 3.05) is 13.7 Å². The number of rotatable bonds is 4. The number of benzene rings is 1. The van der Waals surface area contributed by atoms with Gasteiger partial charge in [-0.25, -0.2) is 14.6 Å². The fourth-order valence-corrected chi connectivity index (χ4v) is 5.42. The van der Waals surface area contributed by atoms with Gasteiger partial charge in [0.25, 0.3) is 0 Å². The maximum atomic E-state index is 12.3. The van der Waals surface area contributed by atoms with Crippen LogP contribution in [0.15, 0.2) is 22.9 Å². The maximum absolute atomic E-state index is 12.3. The molecule has 5 rings (SSSR count). The molecule has 1 aromatic carbocycles. The predicted octanol–water partition coefficient (Wildman–Crippen LogP) is 3.48. The van der Waals surface area contributed by atoms with Crippen LogP contribution in [0.2, 0.25) is 0 Å². The number of nitrogens with one attached hydrogen (secondary N) is 1. The van der Waals surface area contributed by atoms with Crippen molar-refractivity contribution in [1.82, 2.24) is 25.1 Å². The van der Waals surface area contributed by atoms with E-state index >= 15 is 0 Å². The molecule has 1 saturated carbocycles. The van der Waals surface area contributed by atoms with Crippen LogP contribution in [0.1, 0.15) is 43.1 Å². The number of aromatic nitrogens is 4. The second-order valence-corrected chi connectivity index (χ2v) is 9.62. The first-order chi connectivity index (χ1) is 15.4. The summed E-state index contributed by atoms with van der Waals surface area (Å²) in [5.41, 5.74) is 2.65. The molecule has 0 saturated heterocycles. The van der Waals surface area contributed by atoms with E-state index < -0.39 is 0 Å². The second-order valence-electron chi connectivity index (χ2n) is 8.87. The van der Waals surface area contributed by atoms with E-state index in [1.54, 1.807) is 24.0 Å². The van der Waals surface area contributed by atoms with Gasteiger partial charge in [-0.05, 0) is 53.2 Å². The van der Waals surface area contributed by atoms with Crippen LogP contribution in [0.5, 0.6) is 5.75 Å². The number of nitrogens with zero attached hydrogens (tertiary/aromatic N) is 5. The largest absolute Gasteiger partial charge is 0.492 e. The third kappa shape index (κ3) is 3.43. The Bertz CT molecular complexity index is 1280. The molecule has 1 fully saturated rings. The Morgan fingerprint density at radius 2 is 2.31 bits per heavy atom. The van der Waals surface area contributed by atoms with Crippen molar-refractivity contribution >= 4 is 32.9 Å². The van der Waals surface area contributed by atoms with Crippen molar-refractivity contribution in [3.63, 3.8) is 0 Å². The monoisotopic (exact) mass is 494 g/mol. The summed E-state index contributed by atoms with van der Waals surface area (Å²) in [6.45, 7) is 2.62. The van der Waals surface area contributed by atoms with Gasteiger partial charge >= 0.3 is 0 Å². The molecule has 1 aliphatic carbocycles. The van der Waals surface area contributed by atoms with E-state index in [9.17, 15) is 10.1 Å². The van der Waals surface area contributed by atoms with Gasteiger partial charge in [-0.3, -0.25) is 4.79 Å². The van der Waals surface area contributed by atoms with Crippen LogP contribution in [0, 0.1) is 22.7 Å². The normalized spacial score (nSPS) is 21.9. The summed E-state index contributed by atoms with van der Waals surface area (Å²) in [6.07, 6.45) is 5.95. The average molecular weight is 495 g/mol. The van der Waals surface area contributed by atoms with Crippen LogP contribution in [-0.4, -0.2) is 39.3 Å². The Hall–Kier alpha value is -2.99. The van der Waals surface area contributed by atoms with Crippen LogP contribution in [0.4, 0.5) is 0 Å². The Balaban J connectivity index is 1.49. The lowest BCUT2D eigenvalue weighted by Gasteiger charge is -2.21. The van der Waals surface area contributed by atoms with Gasteiger partial charge in [-0.15, -0.1) is 0 Å². The molecule has 8 nitrogen and oxygen atoms in total. The molecule has 1 amide bonds. The van der Waals surface area contributed by atoms with Gasteiger partial charge in [0, 0.05) is 37.1 Å². The number of hydrogen-bond donors (Lipinski definition) is 1. The van der Waals surface area contributed by atoms with Gasteiger partial charge < -0.3 is 10.1 Å². The van der Waals surface area contributed by atoms with Crippen LogP contribution in [-0.2, 0) is 17.6 Å². The standard InChI is InChI=1S/C23H23BrN6O2/c1-23(22(31)26-2)5-3-13(10-23)7-18-27-12-17-20(24)29-30(21(17)28-18)16-8-14-4-6-32-19(14)15(9-16)11-25/h8-9,12-13H,3-7,10H2,1-2H3,(H,26,31)/t13-,23+/m0/s1. The summed E-state index contributed by atoms with van der Waals surface area (Å²) in [7, 11) is 1.69. The number of amides is 1. The van der Waals surface area contributed by atoms with Crippen molar-refractivity contribution in [1.29, 1.82) is 5.26 Å². The van der Waals surface area contributed by atoms with E-state index in [2.05, 4.69) is 37.4 Å². The molecule has 0 bridgehead atoms. The van der Waals surface area contributed by atoms with Crippen molar-refractivity contribution in [3.8, 4) is 17.5 Å². The first-order valence-corrected chi connectivity index (χ1v) is 11.5. The van der Waals surface area contributed by atoms with E-state index in [1.165, 1.54) is 0 Å². The van der Waals surface area contributed by atoms with E-state index in [1.807, 2.05) is 13.0 Å². The molecular formula is C23H23BrN6O2. The third-order valence-electron chi connectivity index (χ3n) is 6.65. The average Bonchev–Trinajstić information content (AvgIpc) is 3.50. The number of hydrogen-bond acceptors (Lipinski definition) is 6. The third-order valence-corrected chi connectivity index (χ3v) is 7.24. The van der Waals surface area contributed by atoms with Gasteiger partial charge in [-0.1, -0.05) is 6.92 Å². The van der Waals surface area contributed by atoms with Gasteiger partial charge in [0.2, 0.25) is 5.91 Å². The zero-order chi connectivity index (χ0) is 22.5. The lowest BCUT2D eigenvalue weighted by Crippen LogP contribution is -2.35.